The first-order chi connectivity index (χ1) is 18.0. The molecule has 4 N–H and O–H groups in total. The Labute approximate surface area is 220 Å². The van der Waals surface area contributed by atoms with Crippen LogP contribution < -0.4 is 10.6 Å². The lowest BCUT2D eigenvalue weighted by Crippen LogP contribution is -2.20. The number of hydrogen-bond acceptors (Lipinski definition) is 10. The molecule has 4 atom stereocenters. The maximum Gasteiger partial charge on any atom is 0.259 e. The predicted octanol–water partition coefficient (Wildman–Crippen LogP) is 3.79. The van der Waals surface area contributed by atoms with Crippen LogP contribution in [0.4, 0.5) is 10.3 Å². The SMILES string of the molecule is O=C(Nc1nnc(C2CCC(c3nnc(NC(=O)C(O)c4ccccc4)s3)C2)s1)C(O)c1ccccc1. The number of aliphatic hydroxyl groups is 2. The van der Waals surface area contributed by atoms with Gasteiger partial charge in [-0.1, -0.05) is 83.3 Å². The minimum Gasteiger partial charge on any atom is -0.378 e. The van der Waals surface area contributed by atoms with Gasteiger partial charge in [0.15, 0.2) is 12.2 Å². The number of rotatable bonds is 8. The molecule has 4 aromatic rings. The summed E-state index contributed by atoms with van der Waals surface area (Å²) in [5.41, 5.74) is 1.01. The Kier molecular flexibility index (Phi) is 7.60. The third kappa shape index (κ3) is 5.88. The monoisotopic (exact) mass is 536 g/mol. The zero-order valence-corrected chi connectivity index (χ0v) is 21.2. The third-order valence-corrected chi connectivity index (χ3v) is 8.20. The van der Waals surface area contributed by atoms with E-state index < -0.39 is 24.0 Å². The number of hydrogen-bond donors (Lipinski definition) is 4. The van der Waals surface area contributed by atoms with Gasteiger partial charge in [-0.25, -0.2) is 0 Å². The number of carbonyl (C=O) groups excluding carboxylic acids is 2. The van der Waals surface area contributed by atoms with Crippen LogP contribution in [-0.4, -0.2) is 42.4 Å². The standard InChI is InChI=1S/C25H24N6O4S2/c32-18(14-7-3-1-4-8-14)20(34)26-24-30-28-22(36-24)16-11-12-17(13-16)23-29-31-25(37-23)27-21(35)19(33)15-9-5-2-6-10-15/h1-10,16-19,32-33H,11-13H2,(H,26,30,34)(H,27,31,35). The molecule has 190 valence electrons. The fourth-order valence-electron chi connectivity index (χ4n) is 4.25. The smallest absolute Gasteiger partial charge is 0.259 e. The summed E-state index contributed by atoms with van der Waals surface area (Å²) in [4.78, 5) is 24.8. The molecule has 0 spiro atoms. The normalized spacial score (nSPS) is 18.8. The van der Waals surface area contributed by atoms with Crippen LogP contribution in [0, 0.1) is 0 Å². The molecule has 0 saturated heterocycles. The number of amides is 2. The highest BCUT2D eigenvalue weighted by atomic mass is 32.1. The van der Waals surface area contributed by atoms with Gasteiger partial charge in [0, 0.05) is 11.8 Å². The Morgan fingerprint density at radius 3 is 1.51 bits per heavy atom. The second-order valence-corrected chi connectivity index (χ2v) is 10.7. The number of aliphatic hydroxyl groups excluding tert-OH is 2. The van der Waals surface area contributed by atoms with Gasteiger partial charge in [-0.2, -0.15) is 0 Å². The average Bonchev–Trinajstić information content (AvgIpc) is 3.70. The maximum atomic E-state index is 12.4. The first-order valence-corrected chi connectivity index (χ1v) is 13.4. The molecule has 1 saturated carbocycles. The molecule has 2 aromatic heterocycles. The summed E-state index contributed by atoms with van der Waals surface area (Å²) >= 11 is 2.60. The van der Waals surface area contributed by atoms with Crippen molar-refractivity contribution in [2.45, 2.75) is 43.3 Å². The first-order valence-electron chi connectivity index (χ1n) is 11.7. The fourth-order valence-corrected chi connectivity index (χ4v) is 6.04. The molecule has 12 heteroatoms. The van der Waals surface area contributed by atoms with Crippen LogP contribution >= 0.6 is 22.7 Å². The molecule has 1 fully saturated rings. The average molecular weight is 537 g/mol. The fraction of sp³-hybridized carbons (Fsp3) is 0.280. The Morgan fingerprint density at radius 1 is 0.703 bits per heavy atom. The third-order valence-electron chi connectivity index (χ3n) is 6.20. The molecule has 4 unspecified atom stereocenters. The molecule has 37 heavy (non-hydrogen) atoms. The molecule has 1 aliphatic rings. The van der Waals surface area contributed by atoms with E-state index in [1.807, 2.05) is 12.1 Å². The zero-order valence-electron chi connectivity index (χ0n) is 19.5. The van der Waals surface area contributed by atoms with E-state index in [0.29, 0.717) is 21.4 Å². The van der Waals surface area contributed by atoms with Crippen molar-refractivity contribution in [3.05, 3.63) is 81.8 Å². The molecule has 10 nitrogen and oxygen atoms in total. The molecule has 5 rings (SSSR count). The summed E-state index contributed by atoms with van der Waals surface area (Å²) < 4.78 is 0. The van der Waals surface area contributed by atoms with Crippen molar-refractivity contribution < 1.29 is 19.8 Å². The van der Waals surface area contributed by atoms with E-state index in [4.69, 9.17) is 0 Å². The summed E-state index contributed by atoms with van der Waals surface area (Å²) in [5, 5.41) is 44.8. The van der Waals surface area contributed by atoms with Crippen molar-refractivity contribution in [2.75, 3.05) is 10.6 Å². The van der Waals surface area contributed by atoms with Crippen molar-refractivity contribution in [1.82, 2.24) is 20.4 Å². The second kappa shape index (κ2) is 11.2. The highest BCUT2D eigenvalue weighted by molar-refractivity contribution is 7.15. The molecule has 0 aliphatic heterocycles. The molecule has 2 aromatic carbocycles. The van der Waals surface area contributed by atoms with Gasteiger partial charge in [0.05, 0.1) is 0 Å². The Bertz CT molecular complexity index is 1260. The number of nitrogens with zero attached hydrogens (tertiary/aromatic N) is 4. The number of benzene rings is 2. The van der Waals surface area contributed by atoms with Crippen molar-refractivity contribution >= 4 is 44.8 Å². The predicted molar refractivity (Wildman–Crippen MR) is 139 cm³/mol. The topological polar surface area (TPSA) is 150 Å². The van der Waals surface area contributed by atoms with Crippen molar-refractivity contribution in [2.24, 2.45) is 0 Å². The highest BCUT2D eigenvalue weighted by Crippen LogP contribution is 2.45. The van der Waals surface area contributed by atoms with E-state index in [1.165, 1.54) is 22.7 Å². The summed E-state index contributed by atoms with van der Waals surface area (Å²) in [7, 11) is 0. The van der Waals surface area contributed by atoms with Crippen LogP contribution in [-0.2, 0) is 9.59 Å². The summed E-state index contributed by atoms with van der Waals surface area (Å²) in [5.74, 6) is -0.791. The van der Waals surface area contributed by atoms with E-state index in [2.05, 4.69) is 31.0 Å². The van der Waals surface area contributed by atoms with E-state index in [-0.39, 0.29) is 11.8 Å². The van der Waals surface area contributed by atoms with E-state index >= 15 is 0 Å². The molecular formula is C25H24N6O4S2. The minimum absolute atomic E-state index is 0.161. The quantitative estimate of drug-likeness (QED) is 0.266. The van der Waals surface area contributed by atoms with Gasteiger partial charge in [0.25, 0.3) is 11.8 Å². The highest BCUT2D eigenvalue weighted by Gasteiger charge is 2.32. The summed E-state index contributed by atoms with van der Waals surface area (Å²) in [6.45, 7) is 0. The van der Waals surface area contributed by atoms with E-state index in [0.717, 1.165) is 29.3 Å². The van der Waals surface area contributed by atoms with Crippen LogP contribution in [0.15, 0.2) is 60.7 Å². The Morgan fingerprint density at radius 2 is 1.11 bits per heavy atom. The number of carbonyl (C=O) groups is 2. The second-order valence-electron chi connectivity index (χ2n) is 8.70. The molecular weight excluding hydrogens is 512 g/mol. The number of aromatic nitrogens is 4. The van der Waals surface area contributed by atoms with E-state index in [1.54, 1.807) is 48.5 Å². The van der Waals surface area contributed by atoms with Crippen LogP contribution in [0.1, 0.15) is 64.4 Å². The van der Waals surface area contributed by atoms with Crippen molar-refractivity contribution in [3.63, 3.8) is 0 Å². The Balaban J connectivity index is 1.16. The molecule has 2 amide bonds. The molecule has 0 bridgehead atoms. The molecule has 0 radical (unpaired) electrons. The van der Waals surface area contributed by atoms with Gasteiger partial charge in [-0.15, -0.1) is 20.4 Å². The lowest BCUT2D eigenvalue weighted by Gasteiger charge is -2.09. The van der Waals surface area contributed by atoms with Crippen LogP contribution in [0.2, 0.25) is 0 Å². The van der Waals surface area contributed by atoms with Gasteiger partial charge in [-0.05, 0) is 30.4 Å². The molecule has 2 heterocycles. The van der Waals surface area contributed by atoms with Crippen molar-refractivity contribution in [1.29, 1.82) is 0 Å². The largest absolute Gasteiger partial charge is 0.378 e. The van der Waals surface area contributed by atoms with E-state index in [9.17, 15) is 19.8 Å². The summed E-state index contributed by atoms with van der Waals surface area (Å²) in [6.07, 6.45) is -0.0118. The van der Waals surface area contributed by atoms with Gasteiger partial charge in [-0.3, -0.25) is 20.2 Å². The van der Waals surface area contributed by atoms with Crippen LogP contribution in [0.25, 0.3) is 0 Å². The molecule has 1 aliphatic carbocycles. The maximum absolute atomic E-state index is 12.4. The summed E-state index contributed by atoms with van der Waals surface area (Å²) in [6, 6.07) is 17.4. The van der Waals surface area contributed by atoms with Crippen molar-refractivity contribution in [3.8, 4) is 0 Å². The van der Waals surface area contributed by atoms with Gasteiger partial charge >= 0.3 is 0 Å². The Hall–Kier alpha value is -3.58. The lowest BCUT2D eigenvalue weighted by atomic mass is 10.1. The zero-order chi connectivity index (χ0) is 25.8. The first kappa shape index (κ1) is 25.1. The van der Waals surface area contributed by atoms with Crippen LogP contribution in [0.3, 0.4) is 0 Å². The number of nitrogens with one attached hydrogen (secondary N) is 2. The van der Waals surface area contributed by atoms with Gasteiger partial charge in [0.2, 0.25) is 10.3 Å². The minimum atomic E-state index is -1.29. The van der Waals surface area contributed by atoms with Gasteiger partial charge in [0.1, 0.15) is 10.0 Å². The lowest BCUT2D eigenvalue weighted by molar-refractivity contribution is -0.124. The van der Waals surface area contributed by atoms with Crippen LogP contribution in [0.5, 0.6) is 0 Å². The number of anilines is 2. The van der Waals surface area contributed by atoms with Gasteiger partial charge < -0.3 is 10.2 Å².